The molecule has 0 amide bonds. The number of benzene rings is 2. The van der Waals surface area contributed by atoms with E-state index in [-0.39, 0.29) is 11.6 Å². The summed E-state index contributed by atoms with van der Waals surface area (Å²) in [5, 5.41) is 0. The largest absolute Gasteiger partial charge is 0.374 e. The van der Waals surface area contributed by atoms with Crippen LogP contribution in [0, 0.1) is 19.7 Å². The Labute approximate surface area is 125 Å². The Morgan fingerprint density at radius 1 is 1.05 bits per heavy atom. The van der Waals surface area contributed by atoms with Gasteiger partial charge in [-0.15, -0.1) is 0 Å². The summed E-state index contributed by atoms with van der Waals surface area (Å²) in [5.41, 5.74) is 3.88. The quantitative estimate of drug-likeness (QED) is 0.769. The molecule has 0 N–H and O–H groups in total. The Morgan fingerprint density at radius 3 is 2.19 bits per heavy atom. The van der Waals surface area contributed by atoms with Gasteiger partial charge >= 0.3 is 0 Å². The average molecular weight is 285 g/mol. The Kier molecular flexibility index (Phi) is 4.73. The Bertz CT molecular complexity index is 614. The van der Waals surface area contributed by atoms with Gasteiger partial charge < -0.3 is 4.90 Å². The summed E-state index contributed by atoms with van der Waals surface area (Å²) in [6.45, 7) is 4.60. The van der Waals surface area contributed by atoms with E-state index in [1.165, 1.54) is 12.1 Å². The van der Waals surface area contributed by atoms with Crippen LogP contribution in [0.15, 0.2) is 42.5 Å². The van der Waals surface area contributed by atoms with Crippen LogP contribution in [-0.4, -0.2) is 19.4 Å². The summed E-state index contributed by atoms with van der Waals surface area (Å²) in [6, 6.07) is 12.2. The zero-order valence-electron chi connectivity index (χ0n) is 12.7. The molecule has 0 unspecified atom stereocenters. The van der Waals surface area contributed by atoms with Gasteiger partial charge in [0.05, 0.1) is 0 Å². The van der Waals surface area contributed by atoms with Crippen molar-refractivity contribution in [2.75, 3.05) is 18.5 Å². The summed E-state index contributed by atoms with van der Waals surface area (Å²) >= 11 is 0. The van der Waals surface area contributed by atoms with Crippen LogP contribution in [0.5, 0.6) is 0 Å². The molecule has 0 saturated heterocycles. The third-order valence-electron chi connectivity index (χ3n) is 3.49. The van der Waals surface area contributed by atoms with E-state index in [4.69, 9.17) is 0 Å². The van der Waals surface area contributed by atoms with Gasteiger partial charge in [-0.1, -0.05) is 17.2 Å². The number of rotatable bonds is 5. The molecule has 0 aliphatic rings. The van der Waals surface area contributed by atoms with E-state index in [2.05, 4.69) is 6.07 Å². The van der Waals surface area contributed by atoms with Crippen molar-refractivity contribution in [3.63, 3.8) is 0 Å². The molecule has 0 bridgehead atoms. The van der Waals surface area contributed by atoms with E-state index in [9.17, 15) is 9.18 Å². The third-order valence-corrected chi connectivity index (χ3v) is 3.49. The lowest BCUT2D eigenvalue weighted by molar-refractivity contribution is 0.0984. The van der Waals surface area contributed by atoms with Crippen molar-refractivity contribution in [3.05, 3.63) is 65.0 Å². The fourth-order valence-corrected chi connectivity index (χ4v) is 2.37. The van der Waals surface area contributed by atoms with Crippen molar-refractivity contribution in [3.8, 4) is 0 Å². The minimum absolute atomic E-state index is 0.135. The summed E-state index contributed by atoms with van der Waals surface area (Å²) < 4.78 is 12.9. The van der Waals surface area contributed by atoms with Crippen molar-refractivity contribution < 1.29 is 9.18 Å². The van der Waals surface area contributed by atoms with Gasteiger partial charge in [0, 0.05) is 31.3 Å². The van der Waals surface area contributed by atoms with Gasteiger partial charge in [-0.3, -0.25) is 4.79 Å². The van der Waals surface area contributed by atoms with Crippen LogP contribution in [0.2, 0.25) is 0 Å². The number of hydrogen-bond donors (Lipinski definition) is 0. The predicted molar refractivity (Wildman–Crippen MR) is 84.5 cm³/mol. The second kappa shape index (κ2) is 6.53. The van der Waals surface area contributed by atoms with Crippen LogP contribution in [0.4, 0.5) is 10.1 Å². The molecular weight excluding hydrogens is 265 g/mol. The second-order valence-corrected chi connectivity index (χ2v) is 5.45. The third kappa shape index (κ3) is 4.15. The van der Waals surface area contributed by atoms with Gasteiger partial charge in [-0.2, -0.15) is 0 Å². The molecule has 2 aromatic carbocycles. The maximum Gasteiger partial charge on any atom is 0.164 e. The van der Waals surface area contributed by atoms with Gasteiger partial charge in [-0.25, -0.2) is 4.39 Å². The van der Waals surface area contributed by atoms with Crippen molar-refractivity contribution in [1.82, 2.24) is 0 Å². The second-order valence-electron chi connectivity index (χ2n) is 5.45. The van der Waals surface area contributed by atoms with Crippen LogP contribution in [-0.2, 0) is 0 Å². The lowest BCUT2D eigenvalue weighted by Gasteiger charge is -2.18. The van der Waals surface area contributed by atoms with Crippen molar-refractivity contribution >= 4 is 11.5 Å². The van der Waals surface area contributed by atoms with Crippen LogP contribution >= 0.6 is 0 Å². The molecular formula is C18H20FNO. The minimum Gasteiger partial charge on any atom is -0.374 e. The first-order valence-corrected chi connectivity index (χ1v) is 7.04. The highest BCUT2D eigenvalue weighted by molar-refractivity contribution is 5.96. The summed E-state index contributed by atoms with van der Waals surface area (Å²) in [7, 11) is 1.90. The first kappa shape index (κ1) is 15.2. The van der Waals surface area contributed by atoms with Crippen LogP contribution in [0.25, 0.3) is 0 Å². The number of anilines is 1. The number of hydrogen-bond acceptors (Lipinski definition) is 2. The molecule has 0 saturated carbocycles. The number of carbonyl (C=O) groups excluding carboxylic acids is 1. The van der Waals surface area contributed by atoms with E-state index >= 15 is 0 Å². The molecule has 0 spiro atoms. The lowest BCUT2D eigenvalue weighted by atomic mass is 10.0. The molecule has 3 heteroatoms. The van der Waals surface area contributed by atoms with Gasteiger partial charge in [0.25, 0.3) is 0 Å². The molecule has 0 fully saturated rings. The Morgan fingerprint density at radius 2 is 1.62 bits per heavy atom. The molecule has 0 aliphatic heterocycles. The SMILES string of the molecule is Cc1cc(C)cc(C(=O)CCN(C)c2ccc(F)cc2)c1. The molecule has 0 aromatic heterocycles. The molecule has 0 aliphatic carbocycles. The molecule has 0 heterocycles. The van der Waals surface area contributed by atoms with E-state index in [1.807, 2.05) is 37.9 Å². The number of ketones is 1. The van der Waals surface area contributed by atoms with Gasteiger partial charge in [0.1, 0.15) is 5.82 Å². The normalized spacial score (nSPS) is 10.5. The average Bonchev–Trinajstić information content (AvgIpc) is 2.44. The monoisotopic (exact) mass is 285 g/mol. The van der Waals surface area contributed by atoms with Crippen LogP contribution in [0.1, 0.15) is 27.9 Å². The highest BCUT2D eigenvalue weighted by Crippen LogP contribution is 2.15. The molecule has 2 rings (SSSR count). The topological polar surface area (TPSA) is 20.3 Å². The predicted octanol–water partition coefficient (Wildman–Crippen LogP) is 4.15. The highest BCUT2D eigenvalue weighted by atomic mass is 19.1. The van der Waals surface area contributed by atoms with E-state index in [1.54, 1.807) is 12.1 Å². The maximum absolute atomic E-state index is 12.9. The smallest absolute Gasteiger partial charge is 0.164 e. The number of halogens is 1. The molecule has 2 aromatic rings. The zero-order valence-corrected chi connectivity index (χ0v) is 12.7. The van der Waals surface area contributed by atoms with Gasteiger partial charge in [0.15, 0.2) is 5.78 Å². The van der Waals surface area contributed by atoms with E-state index < -0.39 is 0 Å². The Balaban J connectivity index is 1.98. The fraction of sp³-hybridized carbons (Fsp3) is 0.278. The van der Waals surface area contributed by atoms with E-state index in [0.29, 0.717) is 13.0 Å². The standard InChI is InChI=1S/C18H20FNO/c1-13-10-14(2)12-15(11-13)18(21)8-9-20(3)17-6-4-16(19)5-7-17/h4-7,10-12H,8-9H2,1-3H3. The molecule has 2 nitrogen and oxygen atoms in total. The minimum atomic E-state index is -0.251. The molecule has 110 valence electrons. The first-order valence-electron chi connectivity index (χ1n) is 7.04. The highest BCUT2D eigenvalue weighted by Gasteiger charge is 2.09. The van der Waals surface area contributed by atoms with Gasteiger partial charge in [-0.05, 0) is 50.2 Å². The van der Waals surface area contributed by atoms with Crippen LogP contribution in [0.3, 0.4) is 0 Å². The molecule has 0 atom stereocenters. The maximum atomic E-state index is 12.9. The fourth-order valence-electron chi connectivity index (χ4n) is 2.37. The van der Waals surface area contributed by atoms with E-state index in [0.717, 1.165) is 22.4 Å². The Hall–Kier alpha value is -2.16. The van der Waals surface area contributed by atoms with Crippen molar-refractivity contribution in [2.24, 2.45) is 0 Å². The number of carbonyl (C=O) groups is 1. The number of aryl methyl sites for hydroxylation is 2. The molecule has 21 heavy (non-hydrogen) atoms. The van der Waals surface area contributed by atoms with Crippen LogP contribution < -0.4 is 4.90 Å². The van der Waals surface area contributed by atoms with Gasteiger partial charge in [0.2, 0.25) is 0 Å². The lowest BCUT2D eigenvalue weighted by Crippen LogP contribution is -2.21. The summed E-state index contributed by atoms with van der Waals surface area (Å²) in [6.07, 6.45) is 0.441. The number of nitrogens with zero attached hydrogens (tertiary/aromatic N) is 1. The van der Waals surface area contributed by atoms with Crippen molar-refractivity contribution in [1.29, 1.82) is 0 Å². The van der Waals surface area contributed by atoms with Crippen molar-refractivity contribution in [2.45, 2.75) is 20.3 Å². The first-order chi connectivity index (χ1) is 9.95. The summed E-state index contributed by atoms with van der Waals surface area (Å²) in [4.78, 5) is 14.2. The number of Topliss-reactive ketones (excluding diaryl/α,β-unsaturated/α-hetero) is 1. The molecule has 0 radical (unpaired) electrons. The zero-order chi connectivity index (χ0) is 15.4. The summed E-state index contributed by atoms with van der Waals surface area (Å²) in [5.74, 6) is -0.116.